The zero-order chi connectivity index (χ0) is 23.9. The summed E-state index contributed by atoms with van der Waals surface area (Å²) in [5.74, 6) is -0.335. The van der Waals surface area contributed by atoms with Crippen LogP contribution >= 0.6 is 0 Å². The summed E-state index contributed by atoms with van der Waals surface area (Å²) >= 11 is 0. The van der Waals surface area contributed by atoms with Crippen LogP contribution in [0.1, 0.15) is 36.8 Å². The van der Waals surface area contributed by atoms with Gasteiger partial charge in [0.05, 0.1) is 46.8 Å². The van der Waals surface area contributed by atoms with Gasteiger partial charge in [-0.2, -0.15) is 5.26 Å². The van der Waals surface area contributed by atoms with Crippen LogP contribution < -0.4 is 16.0 Å². The molecular weight excluding hydrogens is 417 g/mol. The molecule has 11 heteroatoms. The number of halogens is 1. The lowest BCUT2D eigenvalue weighted by atomic mass is 10.0. The van der Waals surface area contributed by atoms with Gasteiger partial charge in [0, 0.05) is 30.9 Å². The highest BCUT2D eigenvalue weighted by Crippen LogP contribution is 2.23. The number of hydrogen-bond donors (Lipinski definition) is 6. The summed E-state index contributed by atoms with van der Waals surface area (Å²) in [6.45, 7) is 3.69. The van der Waals surface area contributed by atoms with Crippen LogP contribution in [0.2, 0.25) is 0 Å². The maximum Gasteiger partial charge on any atom is 0.255 e. The Labute approximate surface area is 185 Å². The smallest absolute Gasteiger partial charge is 0.255 e. The number of nitriles is 1. The molecule has 0 aliphatic carbocycles. The van der Waals surface area contributed by atoms with Crippen molar-refractivity contribution >= 4 is 29.6 Å². The summed E-state index contributed by atoms with van der Waals surface area (Å²) in [5.41, 5.74) is -0.293. The van der Waals surface area contributed by atoms with Crippen LogP contribution in [-0.4, -0.2) is 64.5 Å². The fourth-order valence-electron chi connectivity index (χ4n) is 2.57. The van der Waals surface area contributed by atoms with Gasteiger partial charge >= 0.3 is 0 Å². The van der Waals surface area contributed by atoms with Crippen molar-refractivity contribution < 1.29 is 19.4 Å². The number of aliphatic imine (C=N–C) groups is 1. The van der Waals surface area contributed by atoms with E-state index in [4.69, 9.17) is 10.7 Å². The van der Waals surface area contributed by atoms with Crippen molar-refractivity contribution in [3.05, 3.63) is 41.1 Å². The molecule has 0 saturated carbocycles. The molecule has 170 valence electrons. The Bertz CT molecular complexity index is 1010. The number of amides is 1. The Kier molecular flexibility index (Phi) is 8.17. The molecule has 2 heterocycles. The molecule has 1 aliphatic rings. The van der Waals surface area contributed by atoms with E-state index in [1.54, 1.807) is 6.92 Å². The standard InChI is InChI=1S/C21H26FN7O3/c1-12(11-30)29-17-4-16(14(6-24)19-26-7-13(5-23)8-27-19)25-9-15(17)20(31)28-10-18(22)21(2,3)32/h4,6-9,12,18,24,26,30,32H,10-11H2,1-3H3,(H,25,29)(H,28,31)/b19-14-,24-6?. The number of nitrogens with zero attached hydrogens (tertiary/aromatic N) is 3. The second-order valence-corrected chi connectivity index (χ2v) is 7.69. The Balaban J connectivity index is 2.38. The first-order valence-corrected chi connectivity index (χ1v) is 9.78. The quantitative estimate of drug-likeness (QED) is 0.311. The maximum atomic E-state index is 14.0. The zero-order valence-corrected chi connectivity index (χ0v) is 18.0. The van der Waals surface area contributed by atoms with Crippen LogP contribution in [-0.2, 0) is 0 Å². The van der Waals surface area contributed by atoms with Crippen molar-refractivity contribution in [2.24, 2.45) is 4.99 Å². The normalized spacial score (nSPS) is 16.7. The summed E-state index contributed by atoms with van der Waals surface area (Å²) < 4.78 is 14.0. The molecule has 10 nitrogen and oxygen atoms in total. The highest BCUT2D eigenvalue weighted by Gasteiger charge is 2.27. The average molecular weight is 443 g/mol. The summed E-state index contributed by atoms with van der Waals surface area (Å²) in [7, 11) is 0. The van der Waals surface area contributed by atoms with Crippen molar-refractivity contribution in [3.63, 3.8) is 0 Å². The molecule has 1 amide bonds. The molecule has 2 rings (SSSR count). The molecule has 0 radical (unpaired) electrons. The van der Waals surface area contributed by atoms with Crippen molar-refractivity contribution in [3.8, 4) is 6.07 Å². The fraction of sp³-hybridized carbons (Fsp3) is 0.381. The van der Waals surface area contributed by atoms with E-state index in [9.17, 15) is 19.4 Å². The molecule has 6 N–H and O–H groups in total. The van der Waals surface area contributed by atoms with Gasteiger partial charge in [-0.1, -0.05) is 0 Å². The van der Waals surface area contributed by atoms with Gasteiger partial charge in [0.1, 0.15) is 18.1 Å². The molecule has 0 fully saturated rings. The molecule has 2 unspecified atom stereocenters. The number of allylic oxidation sites excluding steroid dienone is 2. The van der Waals surface area contributed by atoms with Crippen molar-refractivity contribution in [2.45, 2.75) is 38.6 Å². The topological polar surface area (TPSA) is 167 Å². The van der Waals surface area contributed by atoms with Gasteiger partial charge in [-0.15, -0.1) is 0 Å². The molecule has 0 spiro atoms. The Morgan fingerprint density at radius 3 is 2.75 bits per heavy atom. The lowest BCUT2D eigenvalue weighted by Gasteiger charge is -2.23. The minimum Gasteiger partial charge on any atom is -0.394 e. The minimum absolute atomic E-state index is 0.0955. The number of rotatable bonds is 9. The molecule has 0 aromatic carbocycles. The van der Waals surface area contributed by atoms with Crippen LogP contribution in [0.25, 0.3) is 5.57 Å². The van der Waals surface area contributed by atoms with E-state index in [2.05, 4.69) is 25.9 Å². The van der Waals surface area contributed by atoms with Crippen molar-refractivity contribution in [1.29, 1.82) is 10.7 Å². The number of aromatic nitrogens is 1. The number of carbonyl (C=O) groups is 1. The highest BCUT2D eigenvalue weighted by atomic mass is 19.1. The molecule has 1 aromatic heterocycles. The van der Waals surface area contributed by atoms with Gasteiger partial charge < -0.3 is 31.6 Å². The van der Waals surface area contributed by atoms with E-state index < -0.39 is 30.3 Å². The molecule has 0 bridgehead atoms. The van der Waals surface area contributed by atoms with E-state index in [0.29, 0.717) is 22.5 Å². The van der Waals surface area contributed by atoms with E-state index in [1.807, 2.05) is 6.07 Å². The highest BCUT2D eigenvalue weighted by molar-refractivity contribution is 6.10. The number of anilines is 1. The monoisotopic (exact) mass is 443 g/mol. The van der Waals surface area contributed by atoms with Gasteiger partial charge in [-0.05, 0) is 26.8 Å². The third kappa shape index (κ3) is 6.19. The Hall–Kier alpha value is -3.62. The number of nitrogens with one attached hydrogen (secondary N) is 4. The third-order valence-electron chi connectivity index (χ3n) is 4.53. The summed E-state index contributed by atoms with van der Waals surface area (Å²) in [6.07, 6.45) is 3.41. The lowest BCUT2D eigenvalue weighted by molar-refractivity contribution is -0.00177. The van der Waals surface area contributed by atoms with Gasteiger partial charge in [0.2, 0.25) is 0 Å². The van der Waals surface area contributed by atoms with Crippen molar-refractivity contribution in [1.82, 2.24) is 15.6 Å². The number of aliphatic hydroxyl groups excluding tert-OH is 1. The first-order valence-electron chi connectivity index (χ1n) is 9.78. The lowest BCUT2D eigenvalue weighted by Crippen LogP contribution is -2.42. The number of pyridine rings is 1. The predicted octanol–water partition coefficient (Wildman–Crippen LogP) is 1.11. The third-order valence-corrected chi connectivity index (χ3v) is 4.53. The van der Waals surface area contributed by atoms with Gasteiger partial charge in [0.15, 0.2) is 0 Å². The van der Waals surface area contributed by atoms with Gasteiger partial charge in [0.25, 0.3) is 5.91 Å². The molecular formula is C21H26FN7O3. The summed E-state index contributed by atoms with van der Waals surface area (Å²) in [5, 5.41) is 44.0. The first kappa shape index (κ1) is 24.6. The van der Waals surface area contributed by atoms with Crippen LogP contribution in [0.3, 0.4) is 0 Å². The number of alkyl halides is 1. The van der Waals surface area contributed by atoms with Gasteiger partial charge in [-0.25, -0.2) is 9.38 Å². The maximum absolute atomic E-state index is 14.0. The van der Waals surface area contributed by atoms with E-state index in [-0.39, 0.29) is 18.0 Å². The number of aliphatic hydroxyl groups is 2. The molecule has 32 heavy (non-hydrogen) atoms. The zero-order valence-electron chi connectivity index (χ0n) is 18.0. The minimum atomic E-state index is -1.68. The average Bonchev–Trinajstić information content (AvgIpc) is 2.77. The predicted molar refractivity (Wildman–Crippen MR) is 119 cm³/mol. The SMILES string of the molecule is CC(CO)Nc1cc(/C(C=N)=C2\N=CC(C#N)=CN2)ncc1C(=O)NCC(F)C(C)(C)O. The fourth-order valence-corrected chi connectivity index (χ4v) is 2.57. The van der Waals surface area contributed by atoms with Crippen LogP contribution in [0.4, 0.5) is 10.1 Å². The van der Waals surface area contributed by atoms with Gasteiger partial charge in [-0.3, -0.25) is 9.78 Å². The molecule has 1 aliphatic heterocycles. The first-order chi connectivity index (χ1) is 15.1. The van der Waals surface area contributed by atoms with E-state index >= 15 is 0 Å². The molecule has 1 aromatic rings. The van der Waals surface area contributed by atoms with Crippen LogP contribution in [0, 0.1) is 16.7 Å². The van der Waals surface area contributed by atoms with Crippen LogP contribution in [0.15, 0.2) is 34.8 Å². The Morgan fingerprint density at radius 1 is 1.50 bits per heavy atom. The number of carbonyl (C=O) groups excluding carboxylic acids is 1. The summed E-state index contributed by atoms with van der Waals surface area (Å²) in [4.78, 5) is 21.0. The second kappa shape index (κ2) is 10.6. The molecule has 0 saturated heterocycles. The largest absolute Gasteiger partial charge is 0.394 e. The molecule has 2 atom stereocenters. The second-order valence-electron chi connectivity index (χ2n) is 7.69. The summed E-state index contributed by atoms with van der Waals surface area (Å²) in [6, 6.07) is 3.04. The van der Waals surface area contributed by atoms with Crippen LogP contribution in [0.5, 0.6) is 0 Å². The Morgan fingerprint density at radius 2 is 2.22 bits per heavy atom. The van der Waals surface area contributed by atoms with E-state index in [0.717, 1.165) is 6.21 Å². The van der Waals surface area contributed by atoms with E-state index in [1.165, 1.54) is 38.5 Å². The van der Waals surface area contributed by atoms with Crippen molar-refractivity contribution in [2.75, 3.05) is 18.5 Å². The number of hydrogen-bond acceptors (Lipinski definition) is 9.